The monoisotopic (exact) mass is 261 g/mol. The van der Waals surface area contributed by atoms with E-state index in [4.69, 9.17) is 4.74 Å². The Morgan fingerprint density at radius 1 is 1.32 bits per heavy atom. The average Bonchev–Trinajstić information content (AvgIpc) is 2.38. The van der Waals surface area contributed by atoms with Crippen molar-refractivity contribution in [2.45, 2.75) is 51.4 Å². The maximum atomic E-state index is 10.8. The van der Waals surface area contributed by atoms with E-state index in [0.717, 1.165) is 16.9 Å². The normalized spacial score (nSPS) is 16.3. The summed E-state index contributed by atoms with van der Waals surface area (Å²) in [4.78, 5) is 10.8. The van der Waals surface area contributed by atoms with Gasteiger partial charge in [0.25, 0.3) is 0 Å². The van der Waals surface area contributed by atoms with Gasteiger partial charge >= 0.3 is 0 Å². The van der Waals surface area contributed by atoms with E-state index >= 15 is 0 Å². The van der Waals surface area contributed by atoms with Gasteiger partial charge in [0.1, 0.15) is 5.75 Å². The number of hydrogen-bond acceptors (Lipinski definition) is 3. The van der Waals surface area contributed by atoms with Crippen LogP contribution in [0.4, 0.5) is 0 Å². The van der Waals surface area contributed by atoms with E-state index in [2.05, 4.69) is 0 Å². The van der Waals surface area contributed by atoms with Crippen LogP contribution in [-0.2, 0) is 11.2 Å². The molecular weight excluding hydrogens is 240 g/mol. The summed E-state index contributed by atoms with van der Waals surface area (Å²) >= 11 is 0. The fourth-order valence-corrected chi connectivity index (χ4v) is 3.14. The smallest absolute Gasteiger partial charge is 0.125 e. The summed E-state index contributed by atoms with van der Waals surface area (Å²) in [6.07, 6.45) is 6.12. The summed E-state index contributed by atoms with van der Waals surface area (Å²) in [5, 5.41) is 10.8. The predicted molar refractivity (Wildman–Crippen MR) is 72.3 cm³/mol. The molecule has 0 unspecified atom stereocenters. The minimum Gasteiger partial charge on any atom is -0.550 e. The van der Waals surface area contributed by atoms with Gasteiger partial charge in [-0.2, -0.15) is 0 Å². The number of carbonyl (C=O) groups excluding carboxylic acids is 1. The highest BCUT2D eigenvalue weighted by Gasteiger charge is 2.21. The van der Waals surface area contributed by atoms with Crippen molar-refractivity contribution in [3.05, 3.63) is 28.8 Å². The van der Waals surface area contributed by atoms with Gasteiger partial charge in [0.05, 0.1) is 7.11 Å². The molecule has 0 heterocycles. The number of rotatable bonds is 4. The molecule has 2 rings (SSSR count). The molecule has 1 aromatic carbocycles. The molecule has 1 aliphatic carbocycles. The van der Waals surface area contributed by atoms with Crippen molar-refractivity contribution in [1.82, 2.24) is 0 Å². The second kappa shape index (κ2) is 6.09. The van der Waals surface area contributed by atoms with E-state index in [-0.39, 0.29) is 6.42 Å². The van der Waals surface area contributed by atoms with Crippen LogP contribution in [-0.4, -0.2) is 13.1 Å². The van der Waals surface area contributed by atoms with E-state index in [9.17, 15) is 9.90 Å². The molecule has 19 heavy (non-hydrogen) atoms. The molecule has 0 N–H and O–H groups in total. The van der Waals surface area contributed by atoms with Crippen molar-refractivity contribution in [2.75, 3.05) is 7.11 Å². The Bertz CT molecular complexity index is 459. The Morgan fingerprint density at radius 3 is 2.58 bits per heavy atom. The first kappa shape index (κ1) is 13.9. The molecule has 0 bridgehead atoms. The summed E-state index contributed by atoms with van der Waals surface area (Å²) < 4.78 is 5.53. The van der Waals surface area contributed by atoms with E-state index in [1.165, 1.54) is 37.7 Å². The SMILES string of the molecule is COc1c(C)cc(CC(=O)[O-])cc1C1CCCCC1. The molecule has 0 aromatic heterocycles. The molecule has 1 aliphatic rings. The van der Waals surface area contributed by atoms with Gasteiger partial charge in [-0.15, -0.1) is 0 Å². The lowest BCUT2D eigenvalue weighted by Gasteiger charge is -2.25. The van der Waals surface area contributed by atoms with Gasteiger partial charge in [0.15, 0.2) is 0 Å². The number of carboxylic acid groups (broad SMARTS) is 1. The van der Waals surface area contributed by atoms with Crippen molar-refractivity contribution in [3.63, 3.8) is 0 Å². The summed E-state index contributed by atoms with van der Waals surface area (Å²) in [5.74, 6) is 0.400. The lowest BCUT2D eigenvalue weighted by Crippen LogP contribution is -2.24. The molecule has 0 radical (unpaired) electrons. The van der Waals surface area contributed by atoms with Crippen molar-refractivity contribution < 1.29 is 14.6 Å². The summed E-state index contributed by atoms with van der Waals surface area (Å²) in [7, 11) is 1.69. The van der Waals surface area contributed by atoms with Crippen LogP contribution >= 0.6 is 0 Å². The van der Waals surface area contributed by atoms with Crippen molar-refractivity contribution >= 4 is 5.97 Å². The molecule has 0 saturated heterocycles. The fourth-order valence-electron chi connectivity index (χ4n) is 3.14. The third-order valence-electron chi connectivity index (χ3n) is 3.96. The Hall–Kier alpha value is -1.51. The Kier molecular flexibility index (Phi) is 4.46. The van der Waals surface area contributed by atoms with Gasteiger partial charge in [0.2, 0.25) is 0 Å². The maximum Gasteiger partial charge on any atom is 0.125 e. The Labute approximate surface area is 114 Å². The van der Waals surface area contributed by atoms with Crippen LogP contribution in [0.5, 0.6) is 5.75 Å². The standard InChI is InChI=1S/C16H22O3/c1-11-8-12(10-15(17)18)9-14(16(11)19-2)13-6-4-3-5-7-13/h8-9,13H,3-7,10H2,1-2H3,(H,17,18)/p-1. The largest absolute Gasteiger partial charge is 0.550 e. The Morgan fingerprint density at radius 2 is 2.00 bits per heavy atom. The van der Waals surface area contributed by atoms with E-state index in [0.29, 0.717) is 5.92 Å². The van der Waals surface area contributed by atoms with Crippen molar-refractivity contribution in [3.8, 4) is 5.75 Å². The highest BCUT2D eigenvalue weighted by Crippen LogP contribution is 2.39. The lowest BCUT2D eigenvalue weighted by atomic mass is 9.82. The van der Waals surface area contributed by atoms with Crippen molar-refractivity contribution in [2.24, 2.45) is 0 Å². The van der Waals surface area contributed by atoms with Gasteiger partial charge in [-0.25, -0.2) is 0 Å². The molecule has 0 spiro atoms. The van der Waals surface area contributed by atoms with Crippen LogP contribution in [0.3, 0.4) is 0 Å². The molecular formula is C16H21O3-. The number of carbonyl (C=O) groups is 1. The maximum absolute atomic E-state index is 10.8. The van der Waals surface area contributed by atoms with Crippen molar-refractivity contribution in [1.29, 1.82) is 0 Å². The summed E-state index contributed by atoms with van der Waals surface area (Å²) in [6, 6.07) is 3.89. The highest BCUT2D eigenvalue weighted by atomic mass is 16.5. The number of methoxy groups -OCH3 is 1. The molecule has 1 aromatic rings. The van der Waals surface area contributed by atoms with Crippen LogP contribution in [0.2, 0.25) is 0 Å². The van der Waals surface area contributed by atoms with Crippen LogP contribution < -0.4 is 9.84 Å². The van der Waals surface area contributed by atoms with Gasteiger partial charge in [-0.1, -0.05) is 31.4 Å². The minimum absolute atomic E-state index is 0.0233. The zero-order valence-electron chi connectivity index (χ0n) is 11.7. The minimum atomic E-state index is -1.03. The molecule has 1 fully saturated rings. The topological polar surface area (TPSA) is 49.4 Å². The summed E-state index contributed by atoms with van der Waals surface area (Å²) in [5.41, 5.74) is 3.01. The van der Waals surface area contributed by atoms with E-state index in [1.807, 2.05) is 19.1 Å². The second-order valence-corrected chi connectivity index (χ2v) is 5.42. The van der Waals surface area contributed by atoms with Crippen LogP contribution in [0.15, 0.2) is 12.1 Å². The quantitative estimate of drug-likeness (QED) is 0.836. The zero-order chi connectivity index (χ0) is 13.8. The number of carboxylic acids is 1. The lowest BCUT2D eigenvalue weighted by molar-refractivity contribution is -0.304. The first-order valence-electron chi connectivity index (χ1n) is 6.99. The van der Waals surface area contributed by atoms with Gasteiger partial charge in [0, 0.05) is 12.4 Å². The average molecular weight is 261 g/mol. The predicted octanol–water partition coefficient (Wildman–Crippen LogP) is 2.34. The molecule has 3 nitrogen and oxygen atoms in total. The highest BCUT2D eigenvalue weighted by molar-refractivity contribution is 5.68. The molecule has 0 atom stereocenters. The Balaban J connectivity index is 2.36. The van der Waals surface area contributed by atoms with Gasteiger partial charge < -0.3 is 14.6 Å². The number of aliphatic carboxylic acids is 1. The van der Waals surface area contributed by atoms with Crippen LogP contribution in [0, 0.1) is 6.92 Å². The third-order valence-corrected chi connectivity index (χ3v) is 3.96. The summed E-state index contributed by atoms with van der Waals surface area (Å²) in [6.45, 7) is 1.98. The van der Waals surface area contributed by atoms with Crippen LogP contribution in [0.1, 0.15) is 54.7 Å². The zero-order valence-corrected chi connectivity index (χ0v) is 11.7. The third kappa shape index (κ3) is 3.28. The molecule has 1 saturated carbocycles. The van der Waals surface area contributed by atoms with Crippen LogP contribution in [0.25, 0.3) is 0 Å². The van der Waals surface area contributed by atoms with Gasteiger partial charge in [-0.3, -0.25) is 0 Å². The van der Waals surface area contributed by atoms with E-state index in [1.54, 1.807) is 7.11 Å². The number of aryl methyl sites for hydroxylation is 1. The molecule has 3 heteroatoms. The first-order valence-corrected chi connectivity index (χ1v) is 6.99. The first-order chi connectivity index (χ1) is 9.11. The number of ether oxygens (including phenoxy) is 1. The molecule has 104 valence electrons. The molecule has 0 amide bonds. The number of hydrogen-bond donors (Lipinski definition) is 0. The second-order valence-electron chi connectivity index (χ2n) is 5.42. The van der Waals surface area contributed by atoms with E-state index < -0.39 is 5.97 Å². The number of benzene rings is 1. The van der Waals surface area contributed by atoms with Gasteiger partial charge in [-0.05, 0) is 42.4 Å². The fraction of sp³-hybridized carbons (Fsp3) is 0.562. The molecule has 0 aliphatic heterocycles.